The minimum absolute atomic E-state index is 0.0279. The lowest BCUT2D eigenvalue weighted by atomic mass is 10.0. The summed E-state index contributed by atoms with van der Waals surface area (Å²) in [4.78, 5) is 33.8. The lowest BCUT2D eigenvalue weighted by molar-refractivity contribution is -0.132. The first-order valence-electron chi connectivity index (χ1n) is 11.7. The highest BCUT2D eigenvalue weighted by Crippen LogP contribution is 2.18. The van der Waals surface area contributed by atoms with Crippen LogP contribution in [-0.4, -0.2) is 52.8 Å². The number of hydrogen-bond acceptors (Lipinski definition) is 5. The van der Waals surface area contributed by atoms with Gasteiger partial charge in [0.05, 0.1) is 12.1 Å². The minimum atomic E-state index is 0.0279. The number of carbonyl (C=O) groups is 2. The third-order valence-electron chi connectivity index (χ3n) is 6.06. The van der Waals surface area contributed by atoms with Gasteiger partial charge in [0.2, 0.25) is 5.91 Å². The molecule has 1 aliphatic heterocycles. The SMILES string of the molecule is Cc1ccc(OCc2nc(CC(=O)N3CCN(C(=O)c4ccc(C(C)C)cc4)CC3)cs2)cc1. The minimum Gasteiger partial charge on any atom is -0.486 e. The molecule has 2 heterocycles. The van der Waals surface area contributed by atoms with E-state index in [1.165, 1.54) is 22.5 Å². The number of benzene rings is 2. The van der Waals surface area contributed by atoms with E-state index < -0.39 is 0 Å². The Morgan fingerprint density at radius 2 is 1.62 bits per heavy atom. The summed E-state index contributed by atoms with van der Waals surface area (Å²) in [6.07, 6.45) is 0.269. The highest BCUT2D eigenvalue weighted by Gasteiger charge is 2.25. The number of piperazine rings is 1. The number of amides is 2. The Bertz CT molecular complexity index is 1110. The topological polar surface area (TPSA) is 62.7 Å². The van der Waals surface area contributed by atoms with Crippen LogP contribution in [0, 0.1) is 6.92 Å². The van der Waals surface area contributed by atoms with Crippen molar-refractivity contribution in [3.8, 4) is 5.75 Å². The van der Waals surface area contributed by atoms with Crippen molar-refractivity contribution < 1.29 is 14.3 Å². The Labute approximate surface area is 205 Å². The maximum absolute atomic E-state index is 12.8. The predicted molar refractivity (Wildman–Crippen MR) is 134 cm³/mol. The molecule has 0 saturated carbocycles. The molecule has 7 heteroatoms. The van der Waals surface area contributed by atoms with E-state index in [0.29, 0.717) is 44.3 Å². The largest absolute Gasteiger partial charge is 0.486 e. The van der Waals surface area contributed by atoms with Gasteiger partial charge in [0.15, 0.2) is 0 Å². The molecule has 0 unspecified atom stereocenters. The van der Waals surface area contributed by atoms with Crippen molar-refractivity contribution in [2.24, 2.45) is 0 Å². The smallest absolute Gasteiger partial charge is 0.253 e. The lowest BCUT2D eigenvalue weighted by Gasteiger charge is -2.34. The number of thiazole rings is 1. The molecule has 1 saturated heterocycles. The Morgan fingerprint density at radius 3 is 2.26 bits per heavy atom. The second kappa shape index (κ2) is 10.8. The average molecular weight is 478 g/mol. The van der Waals surface area contributed by atoms with Crippen molar-refractivity contribution in [1.29, 1.82) is 0 Å². The number of ether oxygens (including phenoxy) is 1. The maximum atomic E-state index is 12.8. The fraction of sp³-hybridized carbons (Fsp3) is 0.370. The van der Waals surface area contributed by atoms with Crippen molar-refractivity contribution in [3.63, 3.8) is 0 Å². The second-order valence-corrected chi connectivity index (χ2v) is 9.90. The van der Waals surface area contributed by atoms with Gasteiger partial charge in [-0.15, -0.1) is 11.3 Å². The number of hydrogen-bond donors (Lipinski definition) is 0. The molecule has 34 heavy (non-hydrogen) atoms. The summed E-state index contributed by atoms with van der Waals surface area (Å²) in [5.41, 5.74) is 3.88. The molecule has 0 bridgehead atoms. The molecule has 1 fully saturated rings. The van der Waals surface area contributed by atoms with Gasteiger partial charge in [-0.25, -0.2) is 4.98 Å². The van der Waals surface area contributed by atoms with E-state index in [9.17, 15) is 9.59 Å². The van der Waals surface area contributed by atoms with Crippen molar-refractivity contribution in [3.05, 3.63) is 81.3 Å². The van der Waals surface area contributed by atoms with Gasteiger partial charge in [-0.3, -0.25) is 9.59 Å². The summed E-state index contributed by atoms with van der Waals surface area (Å²) in [6, 6.07) is 15.7. The molecular weight excluding hydrogens is 446 g/mol. The Kier molecular flexibility index (Phi) is 7.63. The molecule has 0 N–H and O–H groups in total. The third-order valence-corrected chi connectivity index (χ3v) is 6.93. The molecule has 1 aromatic heterocycles. The van der Waals surface area contributed by atoms with Crippen molar-refractivity contribution in [2.75, 3.05) is 26.2 Å². The molecule has 0 radical (unpaired) electrons. The van der Waals surface area contributed by atoms with E-state index in [0.717, 1.165) is 16.5 Å². The quantitative estimate of drug-likeness (QED) is 0.496. The van der Waals surface area contributed by atoms with Gasteiger partial charge in [0, 0.05) is 37.1 Å². The van der Waals surface area contributed by atoms with Crippen molar-refractivity contribution in [1.82, 2.24) is 14.8 Å². The molecule has 3 aromatic rings. The Balaban J connectivity index is 1.24. The van der Waals surface area contributed by atoms with Crippen LogP contribution in [0.1, 0.15) is 52.0 Å². The van der Waals surface area contributed by atoms with Gasteiger partial charge in [-0.05, 0) is 42.7 Å². The van der Waals surface area contributed by atoms with Gasteiger partial charge < -0.3 is 14.5 Å². The summed E-state index contributed by atoms with van der Waals surface area (Å²) in [5.74, 6) is 1.32. The third kappa shape index (κ3) is 6.03. The van der Waals surface area contributed by atoms with E-state index in [1.807, 2.05) is 70.6 Å². The summed E-state index contributed by atoms with van der Waals surface area (Å²) in [5, 5.41) is 2.77. The predicted octanol–water partition coefficient (Wildman–Crippen LogP) is 4.68. The monoisotopic (exact) mass is 477 g/mol. The van der Waals surface area contributed by atoms with E-state index in [-0.39, 0.29) is 18.2 Å². The van der Waals surface area contributed by atoms with E-state index in [4.69, 9.17) is 4.74 Å². The molecule has 2 aromatic carbocycles. The van der Waals surface area contributed by atoms with Crippen molar-refractivity contribution >= 4 is 23.2 Å². The molecular formula is C27H31N3O3S. The fourth-order valence-electron chi connectivity index (χ4n) is 3.89. The van der Waals surface area contributed by atoms with Crippen molar-refractivity contribution in [2.45, 2.75) is 39.7 Å². The fourth-order valence-corrected chi connectivity index (χ4v) is 4.60. The summed E-state index contributed by atoms with van der Waals surface area (Å²) >= 11 is 1.51. The van der Waals surface area contributed by atoms with Crippen LogP contribution in [0.5, 0.6) is 5.75 Å². The van der Waals surface area contributed by atoms with Crippen LogP contribution in [0.4, 0.5) is 0 Å². The van der Waals surface area contributed by atoms with Crippen LogP contribution in [0.25, 0.3) is 0 Å². The number of rotatable bonds is 7. The zero-order chi connectivity index (χ0) is 24.1. The summed E-state index contributed by atoms with van der Waals surface area (Å²) in [7, 11) is 0. The Hall–Kier alpha value is -3.19. The highest BCUT2D eigenvalue weighted by molar-refractivity contribution is 7.09. The van der Waals surface area contributed by atoms with E-state index in [1.54, 1.807) is 0 Å². The molecule has 0 spiro atoms. The van der Waals surface area contributed by atoms with Crippen LogP contribution in [-0.2, 0) is 17.8 Å². The number of nitrogens with zero attached hydrogens (tertiary/aromatic N) is 3. The van der Waals surface area contributed by atoms with Crippen LogP contribution in [0.3, 0.4) is 0 Å². The second-order valence-electron chi connectivity index (χ2n) is 8.96. The summed E-state index contributed by atoms with van der Waals surface area (Å²) < 4.78 is 5.79. The van der Waals surface area contributed by atoms with Crippen LogP contribution in [0.15, 0.2) is 53.9 Å². The van der Waals surface area contributed by atoms with Crippen LogP contribution < -0.4 is 4.74 Å². The standard InChI is InChI=1S/C27H31N3O3S/c1-19(2)21-6-8-22(9-7-21)27(32)30-14-12-29(13-15-30)26(31)16-23-18-34-25(28-23)17-33-24-10-4-20(3)5-11-24/h4-11,18-19H,12-17H2,1-3H3. The van der Waals surface area contributed by atoms with Crippen LogP contribution >= 0.6 is 11.3 Å². The first kappa shape index (κ1) is 24.0. The average Bonchev–Trinajstić information content (AvgIpc) is 3.30. The molecule has 0 aliphatic carbocycles. The van der Waals surface area contributed by atoms with Gasteiger partial charge in [0.25, 0.3) is 5.91 Å². The van der Waals surface area contributed by atoms with Gasteiger partial charge in [-0.1, -0.05) is 43.7 Å². The molecule has 2 amide bonds. The molecule has 4 rings (SSSR count). The normalized spacial score (nSPS) is 13.9. The van der Waals surface area contributed by atoms with Gasteiger partial charge >= 0.3 is 0 Å². The van der Waals surface area contributed by atoms with Gasteiger partial charge in [0.1, 0.15) is 17.4 Å². The number of aromatic nitrogens is 1. The first-order chi connectivity index (χ1) is 16.4. The molecule has 0 atom stereocenters. The highest BCUT2D eigenvalue weighted by atomic mass is 32.1. The molecule has 1 aliphatic rings. The maximum Gasteiger partial charge on any atom is 0.253 e. The first-order valence-corrected chi connectivity index (χ1v) is 12.6. The Morgan fingerprint density at radius 1 is 0.971 bits per heavy atom. The van der Waals surface area contributed by atoms with Gasteiger partial charge in [-0.2, -0.15) is 0 Å². The zero-order valence-electron chi connectivity index (χ0n) is 20.0. The molecule has 6 nitrogen and oxygen atoms in total. The number of aryl methyl sites for hydroxylation is 1. The summed E-state index contributed by atoms with van der Waals surface area (Å²) in [6.45, 7) is 8.88. The van der Waals surface area contributed by atoms with E-state index in [2.05, 4.69) is 18.8 Å². The zero-order valence-corrected chi connectivity index (χ0v) is 20.8. The van der Waals surface area contributed by atoms with Crippen LogP contribution in [0.2, 0.25) is 0 Å². The lowest BCUT2D eigenvalue weighted by Crippen LogP contribution is -2.51. The molecule has 178 valence electrons. The van der Waals surface area contributed by atoms with E-state index >= 15 is 0 Å². The number of carbonyl (C=O) groups excluding carboxylic acids is 2.